The third-order valence-corrected chi connectivity index (χ3v) is 1.52. The van der Waals surface area contributed by atoms with Gasteiger partial charge in [-0.05, 0) is 19.1 Å². The van der Waals surface area contributed by atoms with Crippen LogP contribution in [-0.4, -0.2) is 23.2 Å². The van der Waals surface area contributed by atoms with Crippen LogP contribution in [0.4, 0.5) is 4.39 Å². The second-order valence-electron chi connectivity index (χ2n) is 2.76. The summed E-state index contributed by atoms with van der Waals surface area (Å²) >= 11 is 0. The molecule has 4 nitrogen and oxygen atoms in total. The minimum atomic E-state index is -0.575. The van der Waals surface area contributed by atoms with Crippen LogP contribution in [0.15, 0.2) is 18.3 Å². The van der Waals surface area contributed by atoms with Crippen LogP contribution in [0.3, 0.4) is 0 Å². The average Bonchev–Trinajstić information content (AvgIpc) is 2.18. The van der Waals surface area contributed by atoms with Crippen molar-refractivity contribution in [3.05, 3.63) is 29.8 Å². The highest BCUT2D eigenvalue weighted by Crippen LogP contribution is 1.98. The monoisotopic (exact) mass is 196 g/mol. The summed E-state index contributed by atoms with van der Waals surface area (Å²) in [7, 11) is 0. The SMILES string of the molecule is CC(C=O)NC(=O)c1ccc(F)cn1. The maximum absolute atomic E-state index is 12.4. The molecule has 1 rings (SSSR count). The van der Waals surface area contributed by atoms with E-state index in [0.29, 0.717) is 6.29 Å². The molecule has 0 saturated heterocycles. The summed E-state index contributed by atoms with van der Waals surface area (Å²) in [5.41, 5.74) is 0.0834. The lowest BCUT2D eigenvalue weighted by molar-refractivity contribution is -0.109. The molecule has 0 fully saturated rings. The molecule has 5 heteroatoms. The third-order valence-electron chi connectivity index (χ3n) is 1.52. The third kappa shape index (κ3) is 2.62. The lowest BCUT2D eigenvalue weighted by Crippen LogP contribution is -2.33. The molecule has 0 aliphatic heterocycles. The number of hydrogen-bond acceptors (Lipinski definition) is 3. The molecule has 74 valence electrons. The van der Waals surface area contributed by atoms with E-state index in [0.717, 1.165) is 12.3 Å². The van der Waals surface area contributed by atoms with E-state index in [1.165, 1.54) is 13.0 Å². The van der Waals surface area contributed by atoms with Gasteiger partial charge in [0.1, 0.15) is 17.8 Å². The van der Waals surface area contributed by atoms with Crippen LogP contribution >= 0.6 is 0 Å². The van der Waals surface area contributed by atoms with Crippen LogP contribution in [-0.2, 0) is 4.79 Å². The number of hydrogen-bond donors (Lipinski definition) is 1. The molecule has 1 amide bonds. The van der Waals surface area contributed by atoms with Crippen LogP contribution in [0, 0.1) is 5.82 Å². The molecule has 0 spiro atoms. The zero-order valence-electron chi connectivity index (χ0n) is 7.53. The molecule has 14 heavy (non-hydrogen) atoms. The summed E-state index contributed by atoms with van der Waals surface area (Å²) in [5, 5.41) is 2.37. The highest BCUT2D eigenvalue weighted by molar-refractivity contribution is 5.93. The Labute approximate surface area is 80.1 Å². The topological polar surface area (TPSA) is 59.1 Å². The predicted octanol–water partition coefficient (Wildman–Crippen LogP) is 0.538. The molecule has 0 radical (unpaired) electrons. The van der Waals surface area contributed by atoms with Crippen molar-refractivity contribution >= 4 is 12.2 Å². The van der Waals surface area contributed by atoms with Gasteiger partial charge in [0.2, 0.25) is 0 Å². The number of nitrogens with zero attached hydrogens (tertiary/aromatic N) is 1. The second kappa shape index (κ2) is 4.45. The molecule has 1 heterocycles. The standard InChI is InChI=1S/C9H9FN2O2/c1-6(5-13)12-9(14)8-3-2-7(10)4-11-8/h2-6H,1H3,(H,12,14). The van der Waals surface area contributed by atoms with Gasteiger partial charge in [0.15, 0.2) is 0 Å². The van der Waals surface area contributed by atoms with E-state index in [1.54, 1.807) is 0 Å². The smallest absolute Gasteiger partial charge is 0.270 e. The lowest BCUT2D eigenvalue weighted by atomic mass is 10.3. The fraction of sp³-hybridized carbons (Fsp3) is 0.222. The van der Waals surface area contributed by atoms with E-state index in [4.69, 9.17) is 0 Å². The van der Waals surface area contributed by atoms with Crippen molar-refractivity contribution in [1.82, 2.24) is 10.3 Å². The Kier molecular flexibility index (Phi) is 3.28. The quantitative estimate of drug-likeness (QED) is 0.717. The second-order valence-corrected chi connectivity index (χ2v) is 2.76. The summed E-state index contributed by atoms with van der Waals surface area (Å²) < 4.78 is 12.4. The van der Waals surface area contributed by atoms with Gasteiger partial charge in [0.25, 0.3) is 5.91 Å². The van der Waals surface area contributed by atoms with E-state index in [9.17, 15) is 14.0 Å². The van der Waals surface area contributed by atoms with E-state index >= 15 is 0 Å². The molecule has 0 aromatic carbocycles. The maximum Gasteiger partial charge on any atom is 0.270 e. The van der Waals surface area contributed by atoms with Crippen LogP contribution in [0.25, 0.3) is 0 Å². The number of carbonyl (C=O) groups excluding carboxylic acids is 2. The number of aldehydes is 1. The molecular weight excluding hydrogens is 187 g/mol. The van der Waals surface area contributed by atoms with E-state index < -0.39 is 17.8 Å². The molecule has 0 aliphatic carbocycles. The summed E-state index contributed by atoms with van der Waals surface area (Å²) in [4.78, 5) is 25.1. The summed E-state index contributed by atoms with van der Waals surface area (Å²) in [6.07, 6.45) is 1.54. The Bertz CT molecular complexity index is 337. The van der Waals surface area contributed by atoms with Gasteiger partial charge in [-0.15, -0.1) is 0 Å². The first-order valence-corrected chi connectivity index (χ1v) is 4.01. The van der Waals surface area contributed by atoms with Crippen molar-refractivity contribution in [2.24, 2.45) is 0 Å². The van der Waals surface area contributed by atoms with Crippen LogP contribution in [0.1, 0.15) is 17.4 Å². The molecule has 1 unspecified atom stereocenters. The van der Waals surface area contributed by atoms with Gasteiger partial charge in [0.05, 0.1) is 12.2 Å². The van der Waals surface area contributed by atoms with Crippen molar-refractivity contribution in [3.8, 4) is 0 Å². The minimum absolute atomic E-state index is 0.0834. The van der Waals surface area contributed by atoms with Gasteiger partial charge in [-0.25, -0.2) is 9.37 Å². The van der Waals surface area contributed by atoms with Gasteiger partial charge in [-0.2, -0.15) is 0 Å². The molecule has 1 aromatic heterocycles. The van der Waals surface area contributed by atoms with E-state index in [1.807, 2.05) is 0 Å². The molecular formula is C9H9FN2O2. The number of carbonyl (C=O) groups is 2. The van der Waals surface area contributed by atoms with E-state index in [-0.39, 0.29) is 5.69 Å². The molecule has 1 N–H and O–H groups in total. The Morgan fingerprint density at radius 1 is 1.64 bits per heavy atom. The lowest BCUT2D eigenvalue weighted by Gasteiger charge is -2.05. The zero-order chi connectivity index (χ0) is 10.6. The molecule has 1 atom stereocenters. The summed E-state index contributed by atoms with van der Waals surface area (Å²) in [6.45, 7) is 1.54. The van der Waals surface area contributed by atoms with Gasteiger partial charge in [0, 0.05) is 0 Å². The molecule has 0 aliphatic rings. The van der Waals surface area contributed by atoms with Crippen molar-refractivity contribution in [1.29, 1.82) is 0 Å². The normalized spacial score (nSPS) is 11.9. The Balaban J connectivity index is 2.70. The number of pyridine rings is 1. The minimum Gasteiger partial charge on any atom is -0.341 e. The highest BCUT2D eigenvalue weighted by atomic mass is 19.1. The number of halogens is 1. The summed E-state index contributed by atoms with van der Waals surface area (Å²) in [6, 6.07) is 1.81. The molecule has 1 aromatic rings. The van der Waals surface area contributed by atoms with E-state index in [2.05, 4.69) is 10.3 Å². The Morgan fingerprint density at radius 2 is 2.36 bits per heavy atom. The number of nitrogens with one attached hydrogen (secondary N) is 1. The first kappa shape index (κ1) is 10.3. The van der Waals surface area contributed by atoms with Crippen molar-refractivity contribution < 1.29 is 14.0 Å². The number of aromatic nitrogens is 1. The van der Waals surface area contributed by atoms with Crippen molar-refractivity contribution in [2.75, 3.05) is 0 Å². The Hall–Kier alpha value is -1.78. The predicted molar refractivity (Wildman–Crippen MR) is 47.2 cm³/mol. The van der Waals surface area contributed by atoms with Gasteiger partial charge >= 0.3 is 0 Å². The largest absolute Gasteiger partial charge is 0.341 e. The van der Waals surface area contributed by atoms with Crippen LogP contribution < -0.4 is 5.32 Å². The highest BCUT2D eigenvalue weighted by Gasteiger charge is 2.09. The molecule has 0 saturated carbocycles. The van der Waals surface area contributed by atoms with Gasteiger partial charge in [-0.3, -0.25) is 4.79 Å². The van der Waals surface area contributed by atoms with Crippen molar-refractivity contribution in [3.63, 3.8) is 0 Å². The maximum atomic E-state index is 12.4. The van der Waals surface area contributed by atoms with Crippen LogP contribution in [0.5, 0.6) is 0 Å². The summed E-state index contributed by atoms with van der Waals surface area (Å²) in [5.74, 6) is -1.01. The fourth-order valence-electron chi connectivity index (χ4n) is 0.825. The van der Waals surface area contributed by atoms with Crippen LogP contribution in [0.2, 0.25) is 0 Å². The number of rotatable bonds is 3. The van der Waals surface area contributed by atoms with Crippen molar-refractivity contribution in [2.45, 2.75) is 13.0 Å². The average molecular weight is 196 g/mol. The fourth-order valence-corrected chi connectivity index (χ4v) is 0.825. The zero-order valence-corrected chi connectivity index (χ0v) is 7.53. The van der Waals surface area contributed by atoms with Gasteiger partial charge in [-0.1, -0.05) is 0 Å². The first-order valence-electron chi connectivity index (χ1n) is 4.01. The number of amides is 1. The molecule has 0 bridgehead atoms. The van der Waals surface area contributed by atoms with Gasteiger partial charge < -0.3 is 10.1 Å². The Morgan fingerprint density at radius 3 is 2.86 bits per heavy atom. The first-order chi connectivity index (χ1) is 6.63.